The summed E-state index contributed by atoms with van der Waals surface area (Å²) in [5.74, 6) is -0.0687. The smallest absolute Gasteiger partial charge is 0.416 e. The Balaban J connectivity index is 2.15. The molecule has 0 aliphatic carbocycles. The van der Waals surface area contributed by atoms with Crippen molar-refractivity contribution in [2.45, 2.75) is 38.0 Å². The lowest BCUT2D eigenvalue weighted by Crippen LogP contribution is -2.43. The normalized spacial score (nSPS) is 21.3. The Hall–Kier alpha value is -1.49. The van der Waals surface area contributed by atoms with E-state index in [1.54, 1.807) is 0 Å². The number of carbonyl (C=O) groups is 2. The molecule has 0 bridgehead atoms. The predicted octanol–water partition coefficient (Wildman–Crippen LogP) is 3.23. The molecule has 1 saturated heterocycles. The number of hydrogen-bond acceptors (Lipinski definition) is 4. The zero-order valence-electron chi connectivity index (χ0n) is 12.6. The zero-order valence-corrected chi connectivity index (χ0v) is 13.5. The van der Waals surface area contributed by atoms with Gasteiger partial charge in [-0.1, -0.05) is 44.2 Å². The molecule has 1 aliphatic rings. The summed E-state index contributed by atoms with van der Waals surface area (Å²) in [7, 11) is 0. The molecule has 1 aliphatic heterocycles. The first-order chi connectivity index (χ1) is 9.83. The molecule has 1 aromatic carbocycles. The lowest BCUT2D eigenvalue weighted by molar-refractivity contribution is -0.130. The summed E-state index contributed by atoms with van der Waals surface area (Å²) in [6.07, 6.45) is -0.394. The lowest BCUT2D eigenvalue weighted by Gasteiger charge is -2.28. The fourth-order valence-corrected chi connectivity index (χ4v) is 2.78. The van der Waals surface area contributed by atoms with Crippen molar-refractivity contribution in [3.8, 4) is 0 Å². The second-order valence-electron chi connectivity index (χ2n) is 5.97. The van der Waals surface area contributed by atoms with Crippen molar-refractivity contribution < 1.29 is 14.3 Å². The van der Waals surface area contributed by atoms with Crippen LogP contribution in [0.5, 0.6) is 0 Å². The molecule has 21 heavy (non-hydrogen) atoms. The van der Waals surface area contributed by atoms with Gasteiger partial charge in [0, 0.05) is 11.2 Å². The molecule has 1 aromatic rings. The number of rotatable bonds is 4. The maximum Gasteiger partial charge on any atom is 0.416 e. The molecular weight excluding hydrogens is 286 g/mol. The molecule has 114 valence electrons. The molecule has 2 atom stereocenters. The van der Waals surface area contributed by atoms with E-state index in [0.29, 0.717) is 0 Å². The van der Waals surface area contributed by atoms with Gasteiger partial charge in [0.15, 0.2) is 0 Å². The molecule has 2 rings (SSSR count). The lowest BCUT2D eigenvalue weighted by atomic mass is 9.95. The van der Waals surface area contributed by atoms with Crippen LogP contribution in [0.25, 0.3) is 0 Å². The SMILES string of the molecule is CC(C)[C@H]1COC(=O)N1C(=O)C[C@@](C)(S)c1ccccc1. The minimum Gasteiger partial charge on any atom is -0.447 e. The first kappa shape index (κ1) is 15.9. The van der Waals surface area contributed by atoms with Crippen molar-refractivity contribution in [2.24, 2.45) is 5.92 Å². The van der Waals surface area contributed by atoms with Gasteiger partial charge in [-0.3, -0.25) is 4.79 Å². The number of amides is 2. The van der Waals surface area contributed by atoms with E-state index in [1.165, 1.54) is 4.90 Å². The van der Waals surface area contributed by atoms with Crippen molar-refractivity contribution in [3.05, 3.63) is 35.9 Å². The maximum atomic E-state index is 12.5. The minimum absolute atomic E-state index is 0.151. The third kappa shape index (κ3) is 3.40. The highest BCUT2D eigenvalue weighted by atomic mass is 32.1. The molecule has 4 nitrogen and oxygen atoms in total. The van der Waals surface area contributed by atoms with Crippen LogP contribution in [0, 0.1) is 5.92 Å². The topological polar surface area (TPSA) is 46.6 Å². The van der Waals surface area contributed by atoms with Gasteiger partial charge < -0.3 is 4.74 Å². The highest BCUT2D eigenvalue weighted by Crippen LogP contribution is 2.33. The molecule has 0 spiro atoms. The number of nitrogens with zero attached hydrogens (tertiary/aromatic N) is 1. The number of thiol groups is 1. The van der Waals surface area contributed by atoms with Gasteiger partial charge in [-0.15, -0.1) is 0 Å². The van der Waals surface area contributed by atoms with Gasteiger partial charge >= 0.3 is 6.09 Å². The number of imide groups is 1. The van der Waals surface area contributed by atoms with E-state index in [1.807, 2.05) is 51.1 Å². The quantitative estimate of drug-likeness (QED) is 0.869. The van der Waals surface area contributed by atoms with Crippen LogP contribution in [0.2, 0.25) is 0 Å². The first-order valence-electron chi connectivity index (χ1n) is 7.09. The molecule has 2 amide bonds. The van der Waals surface area contributed by atoms with Crippen LogP contribution in [-0.2, 0) is 14.3 Å². The molecule has 0 unspecified atom stereocenters. The summed E-state index contributed by atoms with van der Waals surface area (Å²) in [4.78, 5) is 25.6. The van der Waals surface area contributed by atoms with E-state index in [-0.39, 0.29) is 30.9 Å². The standard InChI is InChI=1S/C16H21NO3S/c1-11(2)13-10-20-15(19)17(13)14(18)9-16(3,21)12-7-5-4-6-8-12/h4-8,11,13,21H,9-10H2,1-3H3/t13-,16-/m1/s1. The summed E-state index contributed by atoms with van der Waals surface area (Å²) >= 11 is 4.62. The van der Waals surface area contributed by atoms with Gasteiger partial charge in [-0.2, -0.15) is 12.6 Å². The Kier molecular flexibility index (Phi) is 4.61. The van der Waals surface area contributed by atoms with Crippen LogP contribution in [0.3, 0.4) is 0 Å². The first-order valence-corrected chi connectivity index (χ1v) is 7.54. The summed E-state index contributed by atoms with van der Waals surface area (Å²) < 4.78 is 4.40. The van der Waals surface area contributed by atoms with E-state index >= 15 is 0 Å². The highest BCUT2D eigenvalue weighted by Gasteiger charge is 2.41. The highest BCUT2D eigenvalue weighted by molar-refractivity contribution is 7.81. The third-order valence-electron chi connectivity index (χ3n) is 3.84. The molecular formula is C16H21NO3S. The Labute approximate surface area is 130 Å². The second kappa shape index (κ2) is 6.10. The number of ether oxygens (including phenoxy) is 1. The van der Waals surface area contributed by atoms with E-state index in [2.05, 4.69) is 12.6 Å². The van der Waals surface area contributed by atoms with Gasteiger partial charge in [0.2, 0.25) is 5.91 Å². The van der Waals surface area contributed by atoms with Gasteiger partial charge in [0.05, 0.1) is 6.04 Å². The monoisotopic (exact) mass is 307 g/mol. The fraction of sp³-hybridized carbons (Fsp3) is 0.500. The number of hydrogen-bond donors (Lipinski definition) is 1. The molecule has 1 heterocycles. The number of carbonyl (C=O) groups excluding carboxylic acids is 2. The zero-order chi connectivity index (χ0) is 15.6. The molecule has 0 radical (unpaired) electrons. The van der Waals surface area contributed by atoms with Crippen molar-refractivity contribution in [1.29, 1.82) is 0 Å². The Morgan fingerprint density at radius 2 is 2.05 bits per heavy atom. The largest absolute Gasteiger partial charge is 0.447 e. The van der Waals surface area contributed by atoms with Crippen LogP contribution in [0.15, 0.2) is 30.3 Å². The van der Waals surface area contributed by atoms with Crippen LogP contribution in [0.4, 0.5) is 4.79 Å². The van der Waals surface area contributed by atoms with Crippen LogP contribution >= 0.6 is 12.6 Å². The van der Waals surface area contributed by atoms with Crippen LogP contribution < -0.4 is 0 Å². The number of benzene rings is 1. The second-order valence-corrected chi connectivity index (χ2v) is 6.96. The summed E-state index contributed by atoms with van der Waals surface area (Å²) in [6.45, 7) is 6.11. The Bertz CT molecular complexity index is 528. The van der Waals surface area contributed by atoms with Crippen LogP contribution in [-0.4, -0.2) is 29.5 Å². The van der Waals surface area contributed by atoms with Crippen LogP contribution in [0.1, 0.15) is 32.8 Å². The van der Waals surface area contributed by atoms with E-state index in [4.69, 9.17) is 4.74 Å². The fourth-order valence-electron chi connectivity index (χ4n) is 2.49. The molecule has 1 fully saturated rings. The van der Waals surface area contributed by atoms with Crippen molar-refractivity contribution in [1.82, 2.24) is 4.90 Å². The molecule has 0 N–H and O–H groups in total. The van der Waals surface area contributed by atoms with E-state index < -0.39 is 10.8 Å². The summed E-state index contributed by atoms with van der Waals surface area (Å²) in [5, 5.41) is 0. The summed E-state index contributed by atoms with van der Waals surface area (Å²) in [6, 6.07) is 9.42. The Morgan fingerprint density at radius 3 is 2.62 bits per heavy atom. The minimum atomic E-state index is -0.622. The third-order valence-corrected chi connectivity index (χ3v) is 4.25. The Morgan fingerprint density at radius 1 is 1.43 bits per heavy atom. The average Bonchev–Trinajstić information content (AvgIpc) is 2.81. The maximum absolute atomic E-state index is 12.5. The van der Waals surface area contributed by atoms with Crippen molar-refractivity contribution in [3.63, 3.8) is 0 Å². The molecule has 5 heteroatoms. The predicted molar refractivity (Wildman–Crippen MR) is 84.2 cm³/mol. The molecule has 0 aromatic heterocycles. The van der Waals surface area contributed by atoms with Crippen molar-refractivity contribution >= 4 is 24.6 Å². The summed E-state index contributed by atoms with van der Waals surface area (Å²) in [5.41, 5.74) is 0.954. The van der Waals surface area contributed by atoms with Gasteiger partial charge in [0.1, 0.15) is 6.61 Å². The van der Waals surface area contributed by atoms with E-state index in [0.717, 1.165) is 5.56 Å². The van der Waals surface area contributed by atoms with Gasteiger partial charge in [0.25, 0.3) is 0 Å². The average molecular weight is 307 g/mol. The van der Waals surface area contributed by atoms with Gasteiger partial charge in [-0.05, 0) is 18.4 Å². The number of cyclic esters (lactones) is 1. The van der Waals surface area contributed by atoms with Gasteiger partial charge in [-0.25, -0.2) is 9.69 Å². The van der Waals surface area contributed by atoms with E-state index in [9.17, 15) is 9.59 Å². The van der Waals surface area contributed by atoms with Crippen molar-refractivity contribution in [2.75, 3.05) is 6.61 Å². The molecule has 0 saturated carbocycles.